The highest BCUT2D eigenvalue weighted by atomic mass is 16.3. The number of aromatic nitrogens is 3. The summed E-state index contributed by atoms with van der Waals surface area (Å²) in [5.41, 5.74) is 2.56. The quantitative estimate of drug-likeness (QED) is 0.780. The molecule has 0 bridgehead atoms. The molecular weight excluding hydrogens is 278 g/mol. The molecular formula is C16H9N5O. The maximum Gasteiger partial charge on any atom is 0.126 e. The van der Waals surface area contributed by atoms with E-state index in [4.69, 9.17) is 10.5 Å². The summed E-state index contributed by atoms with van der Waals surface area (Å²) in [5.74, 6) is -0.0307. The highest BCUT2D eigenvalue weighted by molar-refractivity contribution is 5.67. The SMILES string of the molecule is N#Cc1cccc(-n2cc(-c3ccc(C#N)cc3O)nn2)c1. The Hall–Kier alpha value is -3.64. The molecule has 0 spiro atoms. The zero-order chi connectivity index (χ0) is 15.5. The number of aromatic hydroxyl groups is 1. The third kappa shape index (κ3) is 2.37. The van der Waals surface area contributed by atoms with Crippen molar-refractivity contribution in [3.05, 3.63) is 59.8 Å². The monoisotopic (exact) mass is 287 g/mol. The summed E-state index contributed by atoms with van der Waals surface area (Å²) >= 11 is 0. The van der Waals surface area contributed by atoms with Crippen molar-refractivity contribution >= 4 is 0 Å². The number of hydrogen-bond acceptors (Lipinski definition) is 5. The molecule has 1 aromatic heterocycles. The summed E-state index contributed by atoms with van der Waals surface area (Å²) in [7, 11) is 0. The van der Waals surface area contributed by atoms with Crippen LogP contribution >= 0.6 is 0 Å². The fourth-order valence-electron chi connectivity index (χ4n) is 2.05. The van der Waals surface area contributed by atoms with Gasteiger partial charge in [-0.3, -0.25) is 0 Å². The van der Waals surface area contributed by atoms with Crippen molar-refractivity contribution in [1.82, 2.24) is 15.0 Å². The number of nitrogens with zero attached hydrogens (tertiary/aromatic N) is 5. The van der Waals surface area contributed by atoms with E-state index in [-0.39, 0.29) is 5.75 Å². The molecule has 0 radical (unpaired) electrons. The van der Waals surface area contributed by atoms with Crippen LogP contribution < -0.4 is 0 Å². The molecule has 0 saturated heterocycles. The molecule has 2 aromatic carbocycles. The van der Waals surface area contributed by atoms with Crippen LogP contribution in [0.5, 0.6) is 5.75 Å². The van der Waals surface area contributed by atoms with Crippen molar-refractivity contribution in [2.75, 3.05) is 0 Å². The number of rotatable bonds is 2. The number of phenols is 1. The average molecular weight is 287 g/mol. The lowest BCUT2D eigenvalue weighted by atomic mass is 10.1. The molecule has 0 amide bonds. The Morgan fingerprint density at radius 3 is 2.50 bits per heavy atom. The fourth-order valence-corrected chi connectivity index (χ4v) is 2.05. The van der Waals surface area contributed by atoms with E-state index in [0.29, 0.717) is 28.1 Å². The van der Waals surface area contributed by atoms with Gasteiger partial charge in [-0.2, -0.15) is 10.5 Å². The zero-order valence-corrected chi connectivity index (χ0v) is 11.3. The molecule has 1 N–H and O–H groups in total. The predicted molar refractivity (Wildman–Crippen MR) is 77.9 cm³/mol. The van der Waals surface area contributed by atoms with Crippen LogP contribution in [-0.4, -0.2) is 20.1 Å². The summed E-state index contributed by atoms with van der Waals surface area (Å²) in [4.78, 5) is 0. The van der Waals surface area contributed by atoms with Crippen LogP contribution in [0.15, 0.2) is 48.7 Å². The van der Waals surface area contributed by atoms with E-state index >= 15 is 0 Å². The van der Waals surface area contributed by atoms with Crippen LogP contribution in [0.1, 0.15) is 11.1 Å². The van der Waals surface area contributed by atoms with Crippen molar-refractivity contribution in [3.63, 3.8) is 0 Å². The number of benzene rings is 2. The summed E-state index contributed by atoms with van der Waals surface area (Å²) in [5, 5.41) is 35.7. The lowest BCUT2D eigenvalue weighted by molar-refractivity contribution is 0.477. The highest BCUT2D eigenvalue weighted by Gasteiger charge is 2.10. The Bertz CT molecular complexity index is 930. The standard InChI is InChI=1S/C16H9N5O/c17-8-11-2-1-3-13(6-11)21-10-15(19-20-21)14-5-4-12(9-18)7-16(14)22/h1-7,10,22H. The summed E-state index contributed by atoms with van der Waals surface area (Å²) < 4.78 is 1.52. The Balaban J connectivity index is 2.01. The minimum Gasteiger partial charge on any atom is -0.507 e. The molecule has 3 rings (SSSR count). The van der Waals surface area contributed by atoms with Gasteiger partial charge in [0, 0.05) is 5.56 Å². The van der Waals surface area contributed by atoms with Gasteiger partial charge in [0.15, 0.2) is 0 Å². The minimum absolute atomic E-state index is 0.0307. The first-order valence-corrected chi connectivity index (χ1v) is 6.37. The van der Waals surface area contributed by atoms with Gasteiger partial charge in [-0.1, -0.05) is 11.3 Å². The minimum atomic E-state index is -0.0307. The van der Waals surface area contributed by atoms with E-state index < -0.39 is 0 Å². The molecule has 0 atom stereocenters. The predicted octanol–water partition coefficient (Wildman–Crippen LogP) is 2.38. The molecule has 22 heavy (non-hydrogen) atoms. The highest BCUT2D eigenvalue weighted by Crippen LogP contribution is 2.28. The van der Waals surface area contributed by atoms with Crippen molar-refractivity contribution in [2.45, 2.75) is 0 Å². The lowest BCUT2D eigenvalue weighted by Gasteiger charge is -2.01. The van der Waals surface area contributed by atoms with Crippen LogP contribution in [-0.2, 0) is 0 Å². The molecule has 0 aliphatic carbocycles. The second kappa shape index (κ2) is 5.39. The van der Waals surface area contributed by atoms with Gasteiger partial charge in [-0.15, -0.1) is 5.10 Å². The molecule has 104 valence electrons. The summed E-state index contributed by atoms with van der Waals surface area (Å²) in [6, 6.07) is 15.6. The number of nitriles is 2. The van der Waals surface area contributed by atoms with E-state index in [1.54, 1.807) is 42.6 Å². The summed E-state index contributed by atoms with van der Waals surface area (Å²) in [6.07, 6.45) is 1.65. The molecule has 0 aliphatic rings. The molecule has 0 saturated carbocycles. The normalized spacial score (nSPS) is 9.91. The Morgan fingerprint density at radius 2 is 1.77 bits per heavy atom. The topological polar surface area (TPSA) is 98.5 Å². The second-order valence-corrected chi connectivity index (χ2v) is 4.55. The van der Waals surface area contributed by atoms with E-state index in [2.05, 4.69) is 16.4 Å². The van der Waals surface area contributed by atoms with Gasteiger partial charge < -0.3 is 5.11 Å². The van der Waals surface area contributed by atoms with Gasteiger partial charge in [0.2, 0.25) is 0 Å². The van der Waals surface area contributed by atoms with E-state index in [1.165, 1.54) is 10.7 Å². The Labute approximate surface area is 126 Å². The van der Waals surface area contributed by atoms with Crippen molar-refractivity contribution in [3.8, 4) is 34.8 Å². The van der Waals surface area contributed by atoms with E-state index in [9.17, 15) is 5.11 Å². The van der Waals surface area contributed by atoms with Gasteiger partial charge in [-0.25, -0.2) is 4.68 Å². The fraction of sp³-hybridized carbons (Fsp3) is 0. The lowest BCUT2D eigenvalue weighted by Crippen LogP contribution is -1.94. The Kier molecular flexibility index (Phi) is 3.27. The molecule has 6 heteroatoms. The number of phenolic OH excluding ortho intramolecular Hbond substituents is 1. The first-order chi connectivity index (χ1) is 10.7. The third-order valence-corrected chi connectivity index (χ3v) is 3.14. The molecule has 3 aromatic rings. The van der Waals surface area contributed by atoms with Crippen LogP contribution in [0.2, 0.25) is 0 Å². The maximum atomic E-state index is 9.97. The second-order valence-electron chi connectivity index (χ2n) is 4.55. The maximum absolute atomic E-state index is 9.97. The van der Waals surface area contributed by atoms with E-state index in [1.807, 2.05) is 6.07 Å². The van der Waals surface area contributed by atoms with Gasteiger partial charge in [0.1, 0.15) is 11.4 Å². The molecule has 0 aliphatic heterocycles. The van der Waals surface area contributed by atoms with Crippen LogP contribution in [0.25, 0.3) is 16.9 Å². The molecule has 0 unspecified atom stereocenters. The zero-order valence-electron chi connectivity index (χ0n) is 11.3. The van der Waals surface area contributed by atoms with Crippen LogP contribution in [0, 0.1) is 22.7 Å². The molecule has 0 fully saturated rings. The van der Waals surface area contributed by atoms with Crippen molar-refractivity contribution in [1.29, 1.82) is 10.5 Å². The van der Waals surface area contributed by atoms with Gasteiger partial charge >= 0.3 is 0 Å². The third-order valence-electron chi connectivity index (χ3n) is 3.14. The molecule has 6 nitrogen and oxygen atoms in total. The van der Waals surface area contributed by atoms with Gasteiger partial charge in [0.05, 0.1) is 35.1 Å². The van der Waals surface area contributed by atoms with Crippen LogP contribution in [0.4, 0.5) is 0 Å². The first kappa shape index (κ1) is 13.3. The van der Waals surface area contributed by atoms with Crippen LogP contribution in [0.3, 0.4) is 0 Å². The Morgan fingerprint density at radius 1 is 1.00 bits per heavy atom. The first-order valence-electron chi connectivity index (χ1n) is 6.37. The van der Waals surface area contributed by atoms with E-state index in [0.717, 1.165) is 0 Å². The van der Waals surface area contributed by atoms with Crippen molar-refractivity contribution < 1.29 is 5.11 Å². The summed E-state index contributed by atoms with van der Waals surface area (Å²) in [6.45, 7) is 0. The molecule has 1 heterocycles. The van der Waals surface area contributed by atoms with Gasteiger partial charge in [0.25, 0.3) is 0 Å². The smallest absolute Gasteiger partial charge is 0.126 e. The van der Waals surface area contributed by atoms with Crippen molar-refractivity contribution in [2.24, 2.45) is 0 Å². The largest absolute Gasteiger partial charge is 0.507 e. The number of hydrogen-bond donors (Lipinski definition) is 1. The van der Waals surface area contributed by atoms with Gasteiger partial charge in [-0.05, 0) is 36.4 Å². The average Bonchev–Trinajstić information content (AvgIpc) is 3.04.